The summed E-state index contributed by atoms with van der Waals surface area (Å²) in [6, 6.07) is -0.176. The largest absolute Gasteiger partial charge is 0.389 e. The predicted octanol–water partition coefficient (Wildman–Crippen LogP) is 2.11. The van der Waals surface area contributed by atoms with E-state index in [-0.39, 0.29) is 12.0 Å². The molecule has 0 aromatic rings. The molecule has 20 heavy (non-hydrogen) atoms. The van der Waals surface area contributed by atoms with E-state index >= 15 is 0 Å². The molecule has 0 heterocycles. The van der Waals surface area contributed by atoms with Crippen molar-refractivity contribution in [2.75, 3.05) is 19.3 Å². The van der Waals surface area contributed by atoms with Crippen molar-refractivity contribution in [1.29, 1.82) is 0 Å². The molecule has 1 rings (SSSR count). The van der Waals surface area contributed by atoms with Crippen LogP contribution in [0, 0.1) is 5.92 Å². The maximum atomic E-state index is 12.1. The van der Waals surface area contributed by atoms with Crippen LogP contribution in [-0.4, -0.2) is 44.3 Å². The fourth-order valence-electron chi connectivity index (χ4n) is 2.75. The highest BCUT2D eigenvalue weighted by atomic mass is 32.2. The lowest BCUT2D eigenvalue weighted by atomic mass is 9.85. The van der Waals surface area contributed by atoms with E-state index in [4.69, 9.17) is 5.73 Å². The standard InChI is InChI=1S/C12H23F3N2O2S/c1-17(11-6-3-2-5-10(11)9-16)20(18,19)8-4-7-12(13,14)15/h10-11H,2-9,16H2,1H3. The van der Waals surface area contributed by atoms with Crippen LogP contribution in [0.3, 0.4) is 0 Å². The van der Waals surface area contributed by atoms with Crippen molar-refractivity contribution in [1.82, 2.24) is 4.31 Å². The third kappa shape index (κ3) is 5.21. The number of rotatable bonds is 6. The van der Waals surface area contributed by atoms with Crippen LogP contribution in [-0.2, 0) is 10.0 Å². The van der Waals surface area contributed by atoms with Gasteiger partial charge < -0.3 is 5.73 Å². The highest BCUT2D eigenvalue weighted by Crippen LogP contribution is 2.29. The summed E-state index contributed by atoms with van der Waals surface area (Å²) in [6.07, 6.45) is -2.19. The van der Waals surface area contributed by atoms with Gasteiger partial charge in [-0.1, -0.05) is 12.8 Å². The van der Waals surface area contributed by atoms with Crippen molar-refractivity contribution < 1.29 is 21.6 Å². The van der Waals surface area contributed by atoms with Gasteiger partial charge in [0.25, 0.3) is 0 Å². The van der Waals surface area contributed by atoms with Gasteiger partial charge in [-0.05, 0) is 31.7 Å². The Balaban J connectivity index is 2.61. The molecule has 0 aromatic heterocycles. The van der Waals surface area contributed by atoms with Crippen molar-refractivity contribution in [3.8, 4) is 0 Å². The first-order valence-corrected chi connectivity index (χ1v) is 8.51. The Morgan fingerprint density at radius 1 is 1.25 bits per heavy atom. The Morgan fingerprint density at radius 2 is 1.85 bits per heavy atom. The smallest absolute Gasteiger partial charge is 0.330 e. The first-order chi connectivity index (χ1) is 9.17. The molecule has 8 heteroatoms. The number of nitrogens with zero attached hydrogens (tertiary/aromatic N) is 1. The fourth-order valence-corrected chi connectivity index (χ4v) is 4.23. The van der Waals surface area contributed by atoms with E-state index < -0.39 is 34.8 Å². The van der Waals surface area contributed by atoms with Gasteiger partial charge in [-0.2, -0.15) is 13.2 Å². The third-order valence-electron chi connectivity index (χ3n) is 3.94. The van der Waals surface area contributed by atoms with Crippen LogP contribution in [0.1, 0.15) is 38.5 Å². The Bertz CT molecular complexity index is 398. The van der Waals surface area contributed by atoms with Crippen LogP contribution in [0.5, 0.6) is 0 Å². The maximum Gasteiger partial charge on any atom is 0.389 e. The maximum absolute atomic E-state index is 12.1. The normalized spacial score (nSPS) is 25.1. The second kappa shape index (κ2) is 7.09. The molecule has 0 spiro atoms. The van der Waals surface area contributed by atoms with Crippen LogP contribution in [0.4, 0.5) is 13.2 Å². The summed E-state index contributed by atoms with van der Waals surface area (Å²) in [4.78, 5) is 0. The Hall–Kier alpha value is -0.340. The molecular formula is C12H23F3N2O2S. The predicted molar refractivity (Wildman–Crippen MR) is 71.6 cm³/mol. The van der Waals surface area contributed by atoms with E-state index in [9.17, 15) is 21.6 Å². The van der Waals surface area contributed by atoms with Crippen molar-refractivity contribution in [2.24, 2.45) is 11.7 Å². The molecule has 0 aromatic carbocycles. The Kier molecular flexibility index (Phi) is 6.27. The molecule has 2 unspecified atom stereocenters. The number of nitrogens with two attached hydrogens (primary N) is 1. The monoisotopic (exact) mass is 316 g/mol. The van der Waals surface area contributed by atoms with Crippen LogP contribution < -0.4 is 5.73 Å². The van der Waals surface area contributed by atoms with Gasteiger partial charge in [-0.3, -0.25) is 0 Å². The fraction of sp³-hybridized carbons (Fsp3) is 1.00. The average Bonchev–Trinajstić information content (AvgIpc) is 2.36. The summed E-state index contributed by atoms with van der Waals surface area (Å²) < 4.78 is 61.7. The molecule has 1 aliphatic carbocycles. The van der Waals surface area contributed by atoms with Crippen molar-refractivity contribution in [2.45, 2.75) is 50.7 Å². The zero-order chi connectivity index (χ0) is 15.4. The highest BCUT2D eigenvalue weighted by Gasteiger charge is 2.34. The first-order valence-electron chi connectivity index (χ1n) is 6.90. The molecule has 0 radical (unpaired) electrons. The quantitative estimate of drug-likeness (QED) is 0.816. The minimum atomic E-state index is -4.31. The van der Waals surface area contributed by atoms with Crippen LogP contribution >= 0.6 is 0 Å². The van der Waals surface area contributed by atoms with E-state index in [0.717, 1.165) is 25.7 Å². The van der Waals surface area contributed by atoms with Crippen LogP contribution in [0.15, 0.2) is 0 Å². The number of hydrogen-bond donors (Lipinski definition) is 1. The average molecular weight is 316 g/mol. The molecule has 1 fully saturated rings. The van der Waals surface area contributed by atoms with Gasteiger partial charge in [0.2, 0.25) is 10.0 Å². The SMILES string of the molecule is CN(C1CCCCC1CN)S(=O)(=O)CCCC(F)(F)F. The summed E-state index contributed by atoms with van der Waals surface area (Å²) in [5.41, 5.74) is 5.66. The van der Waals surface area contributed by atoms with Crippen LogP contribution in [0.2, 0.25) is 0 Å². The Labute approximate surface area is 118 Å². The highest BCUT2D eigenvalue weighted by molar-refractivity contribution is 7.89. The van der Waals surface area contributed by atoms with Gasteiger partial charge in [-0.25, -0.2) is 12.7 Å². The summed E-state index contributed by atoms with van der Waals surface area (Å²) in [6.45, 7) is 0.410. The number of hydrogen-bond acceptors (Lipinski definition) is 3. The summed E-state index contributed by atoms with van der Waals surface area (Å²) in [7, 11) is -2.19. The second-order valence-corrected chi connectivity index (χ2v) is 7.55. The van der Waals surface area contributed by atoms with Crippen molar-refractivity contribution in [3.63, 3.8) is 0 Å². The van der Waals surface area contributed by atoms with E-state index in [0.29, 0.717) is 6.54 Å². The second-order valence-electron chi connectivity index (χ2n) is 5.40. The molecule has 1 saturated carbocycles. The minimum Gasteiger partial charge on any atom is -0.330 e. The molecular weight excluding hydrogens is 293 g/mol. The minimum absolute atomic E-state index is 0.103. The summed E-state index contributed by atoms with van der Waals surface area (Å²) >= 11 is 0. The van der Waals surface area contributed by atoms with Gasteiger partial charge in [0, 0.05) is 19.5 Å². The lowest BCUT2D eigenvalue weighted by Crippen LogP contribution is -2.46. The molecule has 0 saturated heterocycles. The first kappa shape index (κ1) is 17.7. The van der Waals surface area contributed by atoms with Crippen molar-refractivity contribution >= 4 is 10.0 Å². The molecule has 2 N–H and O–H groups in total. The number of sulfonamides is 1. The van der Waals surface area contributed by atoms with E-state index in [2.05, 4.69) is 0 Å². The van der Waals surface area contributed by atoms with Gasteiger partial charge in [0.05, 0.1) is 5.75 Å². The molecule has 120 valence electrons. The van der Waals surface area contributed by atoms with Gasteiger partial charge in [0.15, 0.2) is 0 Å². The lowest BCUT2D eigenvalue weighted by molar-refractivity contribution is -0.134. The summed E-state index contributed by atoms with van der Waals surface area (Å²) in [5.74, 6) is -0.359. The van der Waals surface area contributed by atoms with Gasteiger partial charge in [-0.15, -0.1) is 0 Å². The van der Waals surface area contributed by atoms with E-state index in [1.807, 2.05) is 0 Å². The molecule has 4 nitrogen and oxygen atoms in total. The third-order valence-corrected chi connectivity index (χ3v) is 5.89. The van der Waals surface area contributed by atoms with Crippen molar-refractivity contribution in [3.05, 3.63) is 0 Å². The van der Waals surface area contributed by atoms with Gasteiger partial charge >= 0.3 is 6.18 Å². The molecule has 0 amide bonds. The molecule has 0 aliphatic heterocycles. The molecule has 1 aliphatic rings. The Morgan fingerprint density at radius 3 is 2.40 bits per heavy atom. The zero-order valence-electron chi connectivity index (χ0n) is 11.7. The lowest BCUT2D eigenvalue weighted by Gasteiger charge is -2.36. The zero-order valence-corrected chi connectivity index (χ0v) is 12.5. The topological polar surface area (TPSA) is 63.4 Å². The number of halogens is 3. The molecule has 0 bridgehead atoms. The van der Waals surface area contributed by atoms with E-state index in [1.165, 1.54) is 11.4 Å². The van der Waals surface area contributed by atoms with Gasteiger partial charge in [0.1, 0.15) is 0 Å². The van der Waals surface area contributed by atoms with E-state index in [1.54, 1.807) is 0 Å². The number of alkyl halides is 3. The summed E-state index contributed by atoms with van der Waals surface area (Å²) in [5, 5.41) is 0. The molecule has 2 atom stereocenters. The van der Waals surface area contributed by atoms with Crippen LogP contribution in [0.25, 0.3) is 0 Å².